The van der Waals surface area contributed by atoms with E-state index in [1.54, 1.807) is 60.8 Å². The van der Waals surface area contributed by atoms with E-state index in [2.05, 4.69) is 14.8 Å². The molecule has 32 heavy (non-hydrogen) atoms. The summed E-state index contributed by atoms with van der Waals surface area (Å²) >= 11 is 0. The smallest absolute Gasteiger partial charge is 0.435 e. The predicted octanol–water partition coefficient (Wildman–Crippen LogP) is 5.36. The Hall–Kier alpha value is -3.40. The minimum absolute atomic E-state index is 0.0187. The maximum atomic E-state index is 13.4. The average Bonchev–Trinajstić information content (AvgIpc) is 3.17. The Morgan fingerprint density at radius 2 is 1.81 bits per heavy atom. The first-order valence-electron chi connectivity index (χ1n) is 9.69. The molecule has 0 saturated carbocycles. The van der Waals surface area contributed by atoms with Crippen LogP contribution in [0.4, 0.5) is 19.0 Å². The van der Waals surface area contributed by atoms with Gasteiger partial charge in [-0.05, 0) is 62.4 Å². The molecule has 6 nitrogen and oxygen atoms in total. The first-order chi connectivity index (χ1) is 15.2. The van der Waals surface area contributed by atoms with Gasteiger partial charge in [0.15, 0.2) is 16.7 Å². The summed E-state index contributed by atoms with van der Waals surface area (Å²) in [6.07, 6.45) is -3.09. The lowest BCUT2D eigenvalue weighted by molar-refractivity contribution is -0.141. The zero-order chi connectivity index (χ0) is 22.9. The van der Waals surface area contributed by atoms with Gasteiger partial charge in [0.2, 0.25) is 0 Å². The maximum Gasteiger partial charge on any atom is 0.435 e. The molecule has 2 heterocycles. The van der Waals surface area contributed by atoms with Crippen molar-refractivity contribution in [2.45, 2.75) is 31.0 Å². The van der Waals surface area contributed by atoms with E-state index in [4.69, 9.17) is 4.74 Å². The van der Waals surface area contributed by atoms with Crippen LogP contribution in [0.1, 0.15) is 19.5 Å². The third-order valence-corrected chi connectivity index (χ3v) is 5.55. The van der Waals surface area contributed by atoms with Gasteiger partial charge in [-0.15, -0.1) is 0 Å². The summed E-state index contributed by atoms with van der Waals surface area (Å²) in [5, 5.41) is 4.35. The fourth-order valence-corrected chi connectivity index (χ4v) is 3.95. The van der Waals surface area contributed by atoms with Crippen molar-refractivity contribution in [2.75, 3.05) is 4.72 Å². The number of pyridine rings is 1. The molecule has 166 valence electrons. The van der Waals surface area contributed by atoms with Crippen LogP contribution in [-0.4, -0.2) is 25.1 Å². The Kier molecular flexibility index (Phi) is 5.88. The molecular weight excluding hydrogens is 441 g/mol. The van der Waals surface area contributed by atoms with Crippen molar-refractivity contribution in [1.82, 2.24) is 14.8 Å². The van der Waals surface area contributed by atoms with Crippen molar-refractivity contribution in [3.8, 4) is 11.4 Å². The third-order valence-electron chi connectivity index (χ3n) is 4.46. The minimum atomic E-state index is -4.66. The Morgan fingerprint density at radius 1 is 1.06 bits per heavy atom. The first-order valence-corrected chi connectivity index (χ1v) is 10.8. The van der Waals surface area contributed by atoms with Gasteiger partial charge in [-0.2, -0.15) is 18.3 Å². The second-order valence-electron chi connectivity index (χ2n) is 7.18. The highest BCUT2D eigenvalue weighted by Crippen LogP contribution is 2.33. The molecule has 1 N–H and O–H groups in total. The lowest BCUT2D eigenvalue weighted by atomic mass is 10.2. The number of aromatic nitrogens is 3. The van der Waals surface area contributed by atoms with E-state index in [0.717, 1.165) is 10.7 Å². The Morgan fingerprint density at radius 3 is 2.50 bits per heavy atom. The summed E-state index contributed by atoms with van der Waals surface area (Å²) in [5.74, 6) is 0.544. The van der Waals surface area contributed by atoms with Crippen molar-refractivity contribution in [3.63, 3.8) is 0 Å². The van der Waals surface area contributed by atoms with Gasteiger partial charge in [-0.3, -0.25) is 9.71 Å². The number of ether oxygens (including phenoxy) is 1. The van der Waals surface area contributed by atoms with Crippen molar-refractivity contribution in [2.24, 2.45) is 0 Å². The third kappa shape index (κ3) is 4.59. The van der Waals surface area contributed by atoms with Crippen LogP contribution in [0.5, 0.6) is 5.75 Å². The molecule has 0 aliphatic rings. The summed E-state index contributed by atoms with van der Waals surface area (Å²) in [5.41, 5.74) is -0.119. The molecule has 4 rings (SSSR count). The summed E-state index contributed by atoms with van der Waals surface area (Å²) in [4.78, 5) is 4.61. The molecule has 0 saturated heterocycles. The number of anilines is 1. The fraction of sp³-hybridized carbons (Fsp3) is 0.182. The van der Waals surface area contributed by atoms with E-state index in [0.29, 0.717) is 27.2 Å². The molecule has 0 amide bonds. The van der Waals surface area contributed by atoms with E-state index < -0.39 is 22.9 Å². The lowest BCUT2D eigenvalue weighted by Crippen LogP contribution is -2.11. The van der Waals surface area contributed by atoms with Gasteiger partial charge in [-0.1, -0.05) is 6.07 Å². The molecule has 0 radical (unpaired) electrons. The van der Waals surface area contributed by atoms with Crippen LogP contribution in [0, 0.1) is 0 Å². The molecule has 1 atom stereocenters. The van der Waals surface area contributed by atoms with Crippen LogP contribution in [0.15, 0.2) is 71.8 Å². The van der Waals surface area contributed by atoms with E-state index in [-0.39, 0.29) is 11.9 Å². The normalized spacial score (nSPS) is 12.8. The second kappa shape index (κ2) is 8.62. The number of rotatable bonds is 6. The van der Waals surface area contributed by atoms with Gasteiger partial charge in [0.25, 0.3) is 0 Å². The monoisotopic (exact) mass is 460 g/mol. The van der Waals surface area contributed by atoms with E-state index >= 15 is 0 Å². The van der Waals surface area contributed by atoms with Crippen LogP contribution in [0.2, 0.25) is 0 Å². The van der Waals surface area contributed by atoms with Gasteiger partial charge >= 0.3 is 6.18 Å². The molecule has 4 aromatic rings. The molecule has 0 aliphatic carbocycles. The van der Waals surface area contributed by atoms with E-state index in [9.17, 15) is 17.4 Å². The second-order valence-corrected chi connectivity index (χ2v) is 8.39. The number of nitrogens with one attached hydrogen (secondary N) is 1. The number of benzene rings is 2. The first kappa shape index (κ1) is 21.8. The average molecular weight is 460 g/mol. The van der Waals surface area contributed by atoms with Gasteiger partial charge in [0.1, 0.15) is 11.6 Å². The van der Waals surface area contributed by atoms with Crippen molar-refractivity contribution in [1.29, 1.82) is 0 Å². The van der Waals surface area contributed by atoms with E-state index in [1.807, 2.05) is 13.8 Å². The largest absolute Gasteiger partial charge is 0.491 e. The Labute approximate surface area is 184 Å². The highest BCUT2D eigenvalue weighted by Gasteiger charge is 2.35. The minimum Gasteiger partial charge on any atom is -0.491 e. The number of nitrogens with zero attached hydrogens (tertiary/aromatic N) is 3. The van der Waals surface area contributed by atoms with Gasteiger partial charge < -0.3 is 4.74 Å². The van der Waals surface area contributed by atoms with Crippen molar-refractivity contribution < 1.29 is 22.1 Å². The summed E-state index contributed by atoms with van der Waals surface area (Å²) in [6.45, 7) is 3.77. The standard InChI is InChI=1S/C22H19F3N4O2S/c1-14(2)31-15-8-10-16(11-9-15)32(30)28-21-13-20(22(23,24)25)27-29(21)19-7-3-6-18-17(19)5-4-12-26-18/h3-14,28H,1-2H3. The molecular formula is C22H19F3N4O2S. The van der Waals surface area contributed by atoms with Gasteiger partial charge in [-0.25, -0.2) is 8.89 Å². The van der Waals surface area contributed by atoms with Crippen LogP contribution in [0.25, 0.3) is 16.6 Å². The van der Waals surface area contributed by atoms with E-state index in [1.165, 1.54) is 0 Å². The topological polar surface area (TPSA) is 69.0 Å². The highest BCUT2D eigenvalue weighted by atomic mass is 32.2. The number of halogens is 3. The van der Waals surface area contributed by atoms with Crippen LogP contribution < -0.4 is 9.46 Å². The molecule has 0 spiro atoms. The molecule has 0 aliphatic heterocycles. The summed E-state index contributed by atoms with van der Waals surface area (Å²) in [6, 6.07) is 15.8. The molecule has 0 fully saturated rings. The molecule has 2 aromatic carbocycles. The zero-order valence-corrected chi connectivity index (χ0v) is 17.9. The van der Waals surface area contributed by atoms with Crippen molar-refractivity contribution >= 4 is 27.7 Å². The quantitative estimate of drug-likeness (QED) is 0.421. The van der Waals surface area contributed by atoms with Crippen molar-refractivity contribution in [3.05, 3.63) is 72.6 Å². The fourth-order valence-electron chi connectivity index (χ4n) is 3.12. The highest BCUT2D eigenvalue weighted by molar-refractivity contribution is 7.86. The van der Waals surface area contributed by atoms with Crippen LogP contribution in [0.3, 0.4) is 0 Å². The number of fused-ring (bicyclic) bond motifs is 1. The Bertz CT molecular complexity index is 1270. The van der Waals surface area contributed by atoms with Gasteiger partial charge in [0, 0.05) is 17.6 Å². The Balaban J connectivity index is 1.72. The zero-order valence-electron chi connectivity index (χ0n) is 17.1. The number of hydrogen-bond donors (Lipinski definition) is 1. The summed E-state index contributed by atoms with van der Waals surface area (Å²) in [7, 11) is -1.84. The molecule has 10 heteroatoms. The van der Waals surface area contributed by atoms with Crippen LogP contribution in [-0.2, 0) is 17.2 Å². The summed E-state index contributed by atoms with van der Waals surface area (Å²) < 4.78 is 62.4. The van der Waals surface area contributed by atoms with Crippen LogP contribution >= 0.6 is 0 Å². The van der Waals surface area contributed by atoms with Gasteiger partial charge in [0.05, 0.1) is 22.2 Å². The molecule has 0 bridgehead atoms. The number of alkyl halides is 3. The SMILES string of the molecule is CC(C)Oc1ccc(S(=O)Nc2cc(C(F)(F)F)nn2-c2cccc3ncccc23)cc1. The molecule has 2 aromatic heterocycles. The maximum absolute atomic E-state index is 13.4. The molecule has 1 unspecified atom stereocenters. The number of hydrogen-bond acceptors (Lipinski definition) is 4. The lowest BCUT2D eigenvalue weighted by Gasteiger charge is -2.12. The predicted molar refractivity (Wildman–Crippen MR) is 116 cm³/mol.